The molecule has 0 spiro atoms. The van der Waals surface area contributed by atoms with Gasteiger partial charge in [-0.25, -0.2) is 0 Å². The van der Waals surface area contributed by atoms with E-state index in [4.69, 9.17) is 4.74 Å². The third-order valence-corrected chi connectivity index (χ3v) is 4.02. The van der Waals surface area contributed by atoms with Gasteiger partial charge in [0.1, 0.15) is 0 Å². The summed E-state index contributed by atoms with van der Waals surface area (Å²) in [6, 6.07) is 7.17. The van der Waals surface area contributed by atoms with Gasteiger partial charge in [-0.2, -0.15) is 0 Å². The van der Waals surface area contributed by atoms with Gasteiger partial charge in [0.25, 0.3) is 0 Å². The van der Waals surface area contributed by atoms with Crippen LogP contribution in [0.5, 0.6) is 0 Å². The average Bonchev–Trinajstić information content (AvgIpc) is 2.79. The first-order chi connectivity index (χ1) is 8.20. The molecule has 1 N–H and O–H groups in total. The summed E-state index contributed by atoms with van der Waals surface area (Å²) in [5.74, 6) is 0. The molecule has 1 saturated carbocycles. The molecule has 1 aromatic rings. The monoisotopic (exact) mass is 233 g/mol. The van der Waals surface area contributed by atoms with Crippen LogP contribution in [-0.2, 0) is 11.3 Å². The Kier molecular flexibility index (Phi) is 4.19. The van der Waals surface area contributed by atoms with E-state index in [1.807, 2.05) is 7.11 Å². The van der Waals surface area contributed by atoms with Gasteiger partial charge < -0.3 is 10.1 Å². The molecule has 2 unspecified atom stereocenters. The maximum absolute atomic E-state index is 5.40. The summed E-state index contributed by atoms with van der Waals surface area (Å²) in [7, 11) is 1.82. The maximum Gasteiger partial charge on any atom is 0.0586 e. The van der Waals surface area contributed by atoms with Crippen molar-refractivity contribution in [3.05, 3.63) is 34.9 Å². The van der Waals surface area contributed by atoms with Crippen molar-refractivity contribution in [2.24, 2.45) is 0 Å². The molecule has 1 aliphatic rings. The molecule has 0 heterocycles. The van der Waals surface area contributed by atoms with E-state index in [1.54, 1.807) is 0 Å². The van der Waals surface area contributed by atoms with Crippen molar-refractivity contribution < 1.29 is 4.74 Å². The van der Waals surface area contributed by atoms with Crippen LogP contribution in [0.1, 0.15) is 36.0 Å². The lowest BCUT2D eigenvalue weighted by Crippen LogP contribution is -2.27. The van der Waals surface area contributed by atoms with Gasteiger partial charge in [0.15, 0.2) is 0 Å². The zero-order chi connectivity index (χ0) is 12.3. The number of rotatable bonds is 4. The smallest absolute Gasteiger partial charge is 0.0586 e. The first-order valence-electron chi connectivity index (χ1n) is 6.52. The van der Waals surface area contributed by atoms with Crippen molar-refractivity contribution >= 4 is 0 Å². The van der Waals surface area contributed by atoms with E-state index in [0.717, 1.165) is 13.0 Å². The van der Waals surface area contributed by atoms with Gasteiger partial charge in [0.05, 0.1) is 6.10 Å². The molecule has 0 amide bonds. The standard InChI is InChI=1S/C15H23NO/c1-11-5-4-6-13(12(11)2)10-16-14-7-8-15(9-14)17-3/h4-6,14-16H,7-10H2,1-3H3. The topological polar surface area (TPSA) is 21.3 Å². The van der Waals surface area contributed by atoms with Gasteiger partial charge in [-0.3, -0.25) is 0 Å². The van der Waals surface area contributed by atoms with Crippen LogP contribution in [0.2, 0.25) is 0 Å². The average molecular weight is 233 g/mol. The molecule has 2 nitrogen and oxygen atoms in total. The summed E-state index contributed by atoms with van der Waals surface area (Å²) in [6.45, 7) is 5.36. The molecular weight excluding hydrogens is 210 g/mol. The zero-order valence-electron chi connectivity index (χ0n) is 11.1. The van der Waals surface area contributed by atoms with E-state index in [-0.39, 0.29) is 0 Å². The van der Waals surface area contributed by atoms with E-state index >= 15 is 0 Å². The van der Waals surface area contributed by atoms with Crippen molar-refractivity contribution in [2.45, 2.75) is 51.8 Å². The van der Waals surface area contributed by atoms with Crippen LogP contribution in [0.15, 0.2) is 18.2 Å². The molecule has 0 aromatic heterocycles. The van der Waals surface area contributed by atoms with Crippen molar-refractivity contribution in [2.75, 3.05) is 7.11 Å². The Balaban J connectivity index is 1.88. The van der Waals surface area contributed by atoms with Crippen LogP contribution in [0.25, 0.3) is 0 Å². The Hall–Kier alpha value is -0.860. The van der Waals surface area contributed by atoms with E-state index in [1.165, 1.54) is 29.5 Å². The SMILES string of the molecule is COC1CCC(NCc2cccc(C)c2C)C1. The highest BCUT2D eigenvalue weighted by Gasteiger charge is 2.23. The quantitative estimate of drug-likeness (QED) is 0.863. The lowest BCUT2D eigenvalue weighted by molar-refractivity contribution is 0.107. The predicted molar refractivity (Wildman–Crippen MR) is 71.2 cm³/mol. The Bertz CT molecular complexity index is 375. The van der Waals surface area contributed by atoms with Crippen LogP contribution in [0.3, 0.4) is 0 Å². The molecule has 0 saturated heterocycles. The van der Waals surface area contributed by atoms with E-state index in [9.17, 15) is 0 Å². The molecule has 94 valence electrons. The number of methoxy groups -OCH3 is 1. The predicted octanol–water partition coefficient (Wildman–Crippen LogP) is 2.96. The number of hydrogen-bond acceptors (Lipinski definition) is 2. The molecule has 1 aliphatic carbocycles. The fourth-order valence-electron chi connectivity index (χ4n) is 2.60. The summed E-state index contributed by atoms with van der Waals surface area (Å²) in [4.78, 5) is 0. The first-order valence-corrected chi connectivity index (χ1v) is 6.52. The second-order valence-electron chi connectivity index (χ2n) is 5.11. The van der Waals surface area contributed by atoms with E-state index in [2.05, 4.69) is 37.4 Å². The molecule has 0 aliphatic heterocycles. The van der Waals surface area contributed by atoms with Gasteiger partial charge in [0.2, 0.25) is 0 Å². The van der Waals surface area contributed by atoms with Crippen molar-refractivity contribution in [1.82, 2.24) is 5.32 Å². The van der Waals surface area contributed by atoms with Crippen LogP contribution < -0.4 is 5.32 Å². The molecular formula is C15H23NO. The van der Waals surface area contributed by atoms with Crippen molar-refractivity contribution in [3.8, 4) is 0 Å². The minimum absolute atomic E-state index is 0.464. The maximum atomic E-state index is 5.40. The van der Waals surface area contributed by atoms with Crippen LogP contribution in [0, 0.1) is 13.8 Å². The van der Waals surface area contributed by atoms with Crippen LogP contribution in [-0.4, -0.2) is 19.3 Å². The Morgan fingerprint density at radius 2 is 2.12 bits per heavy atom. The van der Waals surface area contributed by atoms with Gasteiger partial charge in [-0.1, -0.05) is 18.2 Å². The minimum Gasteiger partial charge on any atom is -0.381 e. The summed E-state index contributed by atoms with van der Waals surface area (Å²) in [5, 5.41) is 3.65. The van der Waals surface area contributed by atoms with Gasteiger partial charge in [0, 0.05) is 19.7 Å². The summed E-state index contributed by atoms with van der Waals surface area (Å²) < 4.78 is 5.40. The Labute approximate surface area is 104 Å². The molecule has 17 heavy (non-hydrogen) atoms. The van der Waals surface area contributed by atoms with E-state index in [0.29, 0.717) is 12.1 Å². The highest BCUT2D eigenvalue weighted by atomic mass is 16.5. The van der Waals surface area contributed by atoms with Gasteiger partial charge >= 0.3 is 0 Å². The number of aryl methyl sites for hydroxylation is 1. The number of hydrogen-bond donors (Lipinski definition) is 1. The number of ether oxygens (including phenoxy) is 1. The molecule has 1 aromatic carbocycles. The zero-order valence-corrected chi connectivity index (χ0v) is 11.1. The van der Waals surface area contributed by atoms with Crippen LogP contribution in [0.4, 0.5) is 0 Å². The lowest BCUT2D eigenvalue weighted by Gasteiger charge is -2.15. The number of nitrogens with one attached hydrogen (secondary N) is 1. The highest BCUT2D eigenvalue weighted by molar-refractivity contribution is 5.32. The summed E-state index contributed by atoms with van der Waals surface area (Å²) in [5.41, 5.74) is 4.22. The van der Waals surface area contributed by atoms with Crippen molar-refractivity contribution in [1.29, 1.82) is 0 Å². The fourth-order valence-corrected chi connectivity index (χ4v) is 2.60. The molecule has 2 atom stereocenters. The second-order valence-corrected chi connectivity index (χ2v) is 5.11. The molecule has 2 heteroatoms. The Morgan fingerprint density at radius 3 is 2.82 bits per heavy atom. The Morgan fingerprint density at radius 1 is 1.29 bits per heavy atom. The van der Waals surface area contributed by atoms with Gasteiger partial charge in [-0.05, 0) is 49.8 Å². The van der Waals surface area contributed by atoms with Crippen molar-refractivity contribution in [3.63, 3.8) is 0 Å². The highest BCUT2D eigenvalue weighted by Crippen LogP contribution is 2.22. The van der Waals surface area contributed by atoms with Gasteiger partial charge in [-0.15, -0.1) is 0 Å². The largest absolute Gasteiger partial charge is 0.381 e. The first kappa shape index (κ1) is 12.6. The molecule has 1 fully saturated rings. The molecule has 2 rings (SSSR count). The van der Waals surface area contributed by atoms with E-state index < -0.39 is 0 Å². The second kappa shape index (κ2) is 5.65. The van der Waals surface area contributed by atoms with Crippen LogP contribution >= 0.6 is 0 Å². The third kappa shape index (κ3) is 3.08. The lowest BCUT2D eigenvalue weighted by atomic mass is 10.0. The fraction of sp³-hybridized carbons (Fsp3) is 0.600. The minimum atomic E-state index is 0.464. The summed E-state index contributed by atoms with van der Waals surface area (Å²) in [6.07, 6.45) is 4.05. The molecule has 0 radical (unpaired) electrons. The third-order valence-electron chi connectivity index (χ3n) is 4.02. The summed E-state index contributed by atoms with van der Waals surface area (Å²) >= 11 is 0. The number of benzene rings is 1. The normalized spacial score (nSPS) is 24.2. The molecule has 0 bridgehead atoms.